The zero-order chi connectivity index (χ0) is 15.0. The summed E-state index contributed by atoms with van der Waals surface area (Å²) in [4.78, 5) is 11.3. The number of fused-ring (bicyclic) bond motifs is 1. The number of aromatic nitrogens is 3. The molecule has 0 bridgehead atoms. The van der Waals surface area contributed by atoms with Crippen LogP contribution in [0.3, 0.4) is 0 Å². The molecular weight excluding hydrogens is 308 g/mol. The summed E-state index contributed by atoms with van der Waals surface area (Å²) in [6.07, 6.45) is -4.60. The Kier molecular flexibility index (Phi) is 3.22. The van der Waals surface area contributed by atoms with E-state index in [4.69, 9.17) is 11.6 Å². The molecule has 1 aliphatic heterocycles. The Labute approximate surface area is 122 Å². The molecule has 1 aromatic carbocycles. The summed E-state index contributed by atoms with van der Waals surface area (Å²) in [7, 11) is 0. The van der Waals surface area contributed by atoms with Crippen molar-refractivity contribution in [2.45, 2.75) is 12.3 Å². The monoisotopic (exact) mass is 315 g/mol. The van der Waals surface area contributed by atoms with Crippen molar-refractivity contribution in [2.24, 2.45) is 0 Å². The van der Waals surface area contributed by atoms with Crippen molar-refractivity contribution in [1.29, 1.82) is 0 Å². The smallest absolute Gasteiger partial charge is 0.427 e. The molecule has 0 amide bonds. The molecule has 2 heterocycles. The van der Waals surface area contributed by atoms with Gasteiger partial charge in [0, 0.05) is 5.69 Å². The van der Waals surface area contributed by atoms with Crippen LogP contribution in [-0.2, 0) is 0 Å². The van der Waals surface area contributed by atoms with Gasteiger partial charge in [0.15, 0.2) is 0 Å². The van der Waals surface area contributed by atoms with Crippen LogP contribution in [0.15, 0.2) is 24.5 Å². The lowest BCUT2D eigenvalue weighted by Crippen LogP contribution is -2.47. The van der Waals surface area contributed by atoms with Crippen LogP contribution in [0, 0.1) is 0 Å². The third kappa shape index (κ3) is 2.78. The van der Waals surface area contributed by atoms with E-state index >= 15 is 0 Å². The van der Waals surface area contributed by atoms with Gasteiger partial charge >= 0.3 is 6.11 Å². The first-order chi connectivity index (χ1) is 9.94. The highest BCUT2D eigenvalue weighted by Crippen LogP contribution is 2.38. The molecule has 1 aromatic heterocycles. The van der Waals surface area contributed by atoms with E-state index in [1.165, 1.54) is 24.5 Å². The fraction of sp³-hybridized carbons (Fsp3) is 0.182. The molecule has 0 fully saturated rings. The molecule has 1 atom stereocenters. The highest BCUT2D eigenvalue weighted by atomic mass is 35.5. The van der Waals surface area contributed by atoms with Crippen LogP contribution in [0.1, 0.15) is 0 Å². The van der Waals surface area contributed by atoms with E-state index < -0.39 is 12.3 Å². The second-order valence-corrected chi connectivity index (χ2v) is 4.46. The summed E-state index contributed by atoms with van der Waals surface area (Å²) in [6, 6.07) is 4.28. The minimum atomic E-state index is -3.69. The Morgan fingerprint density at radius 3 is 2.95 bits per heavy atom. The number of ether oxygens (including phenoxy) is 1. The van der Waals surface area contributed by atoms with Gasteiger partial charge in [0.2, 0.25) is 17.5 Å². The molecule has 1 unspecified atom stereocenters. The predicted molar refractivity (Wildman–Crippen MR) is 69.8 cm³/mol. The standard InChI is InChI=1S/C11H8ClF2N5O2/c12-9-15-4-16-10(19-9)17-5-1-2-7-6(3-5)18-8(20)11(13,14)21-7/h1-4,8,18,20H,(H,15,16,17,19). The molecule has 3 rings (SSSR count). The molecule has 21 heavy (non-hydrogen) atoms. The van der Waals surface area contributed by atoms with Crippen molar-refractivity contribution in [3.63, 3.8) is 0 Å². The Bertz CT molecular complexity index is 687. The van der Waals surface area contributed by atoms with Gasteiger partial charge < -0.3 is 20.5 Å². The average molecular weight is 316 g/mol. The maximum atomic E-state index is 13.2. The molecule has 10 heteroatoms. The fourth-order valence-corrected chi connectivity index (χ4v) is 1.83. The first-order valence-electron chi connectivity index (χ1n) is 5.71. The highest BCUT2D eigenvalue weighted by molar-refractivity contribution is 6.28. The summed E-state index contributed by atoms with van der Waals surface area (Å²) in [5.74, 6) is 0.113. The number of rotatable bonds is 2. The molecule has 0 saturated carbocycles. The van der Waals surface area contributed by atoms with Gasteiger partial charge in [0.05, 0.1) is 5.69 Å². The largest absolute Gasteiger partial charge is 0.444 e. The minimum Gasteiger partial charge on any atom is -0.427 e. The molecule has 0 aliphatic carbocycles. The summed E-state index contributed by atoms with van der Waals surface area (Å²) in [6.45, 7) is 0. The third-order valence-electron chi connectivity index (χ3n) is 2.63. The topological polar surface area (TPSA) is 92.2 Å². The van der Waals surface area contributed by atoms with Gasteiger partial charge in [-0.25, -0.2) is 9.97 Å². The molecule has 0 saturated heterocycles. The van der Waals surface area contributed by atoms with Gasteiger partial charge in [-0.05, 0) is 29.8 Å². The number of benzene rings is 1. The van der Waals surface area contributed by atoms with Crippen molar-refractivity contribution >= 4 is 28.9 Å². The molecule has 0 radical (unpaired) electrons. The van der Waals surface area contributed by atoms with E-state index in [2.05, 4.69) is 30.3 Å². The Hall–Kier alpha value is -2.26. The van der Waals surface area contributed by atoms with Gasteiger partial charge in [-0.15, -0.1) is 0 Å². The average Bonchev–Trinajstić information content (AvgIpc) is 2.40. The quantitative estimate of drug-likeness (QED) is 0.780. The predicted octanol–water partition coefficient (Wildman–Crippen LogP) is 1.98. The molecule has 0 spiro atoms. The number of nitrogens with one attached hydrogen (secondary N) is 2. The van der Waals surface area contributed by atoms with Crippen molar-refractivity contribution in [3.8, 4) is 5.75 Å². The van der Waals surface area contributed by atoms with Crippen molar-refractivity contribution in [2.75, 3.05) is 10.6 Å². The van der Waals surface area contributed by atoms with Gasteiger partial charge in [0.25, 0.3) is 0 Å². The van der Waals surface area contributed by atoms with Crippen LogP contribution >= 0.6 is 11.6 Å². The summed E-state index contributed by atoms with van der Waals surface area (Å²) in [5.41, 5.74) is 0.697. The molecular formula is C11H8ClF2N5O2. The van der Waals surface area contributed by atoms with E-state index in [0.29, 0.717) is 5.69 Å². The van der Waals surface area contributed by atoms with Crippen LogP contribution in [0.2, 0.25) is 5.28 Å². The van der Waals surface area contributed by atoms with Gasteiger partial charge in [0.1, 0.15) is 12.1 Å². The van der Waals surface area contributed by atoms with Crippen LogP contribution in [0.4, 0.5) is 26.1 Å². The first kappa shape index (κ1) is 13.7. The van der Waals surface area contributed by atoms with E-state index in [9.17, 15) is 13.9 Å². The van der Waals surface area contributed by atoms with Crippen molar-refractivity contribution < 1.29 is 18.6 Å². The van der Waals surface area contributed by atoms with Crippen molar-refractivity contribution in [1.82, 2.24) is 15.0 Å². The maximum Gasteiger partial charge on any atom is 0.444 e. The number of hydrogen-bond acceptors (Lipinski definition) is 7. The summed E-state index contributed by atoms with van der Waals surface area (Å²) >= 11 is 5.63. The zero-order valence-corrected chi connectivity index (χ0v) is 11.0. The number of alkyl halides is 2. The Morgan fingerprint density at radius 1 is 1.38 bits per heavy atom. The lowest BCUT2D eigenvalue weighted by atomic mass is 10.2. The molecule has 7 nitrogen and oxygen atoms in total. The van der Waals surface area contributed by atoms with Crippen LogP contribution < -0.4 is 15.4 Å². The number of aliphatic hydroxyl groups is 1. The number of hydrogen-bond donors (Lipinski definition) is 3. The van der Waals surface area contributed by atoms with Crippen LogP contribution in [0.25, 0.3) is 0 Å². The third-order valence-corrected chi connectivity index (χ3v) is 2.82. The first-order valence-corrected chi connectivity index (χ1v) is 6.09. The zero-order valence-electron chi connectivity index (χ0n) is 10.2. The fourth-order valence-electron chi connectivity index (χ4n) is 1.71. The molecule has 1 aliphatic rings. The van der Waals surface area contributed by atoms with Gasteiger partial charge in [-0.1, -0.05) is 0 Å². The Balaban J connectivity index is 1.85. The van der Waals surface area contributed by atoms with Crippen LogP contribution in [-0.4, -0.2) is 32.4 Å². The Morgan fingerprint density at radius 2 is 2.19 bits per heavy atom. The van der Waals surface area contributed by atoms with E-state index in [-0.39, 0.29) is 22.7 Å². The van der Waals surface area contributed by atoms with Gasteiger partial charge in [-0.2, -0.15) is 13.8 Å². The molecule has 2 aromatic rings. The minimum absolute atomic E-state index is 0.0157. The lowest BCUT2D eigenvalue weighted by Gasteiger charge is -2.31. The van der Waals surface area contributed by atoms with Crippen molar-refractivity contribution in [3.05, 3.63) is 29.8 Å². The highest BCUT2D eigenvalue weighted by Gasteiger charge is 2.45. The number of anilines is 3. The number of aliphatic hydroxyl groups excluding tert-OH is 1. The van der Waals surface area contributed by atoms with E-state index in [1.807, 2.05) is 0 Å². The summed E-state index contributed by atoms with van der Waals surface area (Å²) < 4.78 is 30.8. The lowest BCUT2D eigenvalue weighted by molar-refractivity contribution is -0.235. The second kappa shape index (κ2) is 4.93. The van der Waals surface area contributed by atoms with Crippen LogP contribution in [0.5, 0.6) is 5.75 Å². The number of nitrogens with zero attached hydrogens (tertiary/aromatic N) is 3. The summed E-state index contributed by atoms with van der Waals surface area (Å²) in [5, 5.41) is 14.3. The van der Waals surface area contributed by atoms with E-state index in [1.54, 1.807) is 0 Å². The normalized spacial score (nSPS) is 19.1. The molecule has 110 valence electrons. The SMILES string of the molecule is OC1Nc2cc(Nc3ncnc(Cl)n3)ccc2OC1(F)F. The maximum absolute atomic E-state index is 13.2. The van der Waals surface area contributed by atoms with E-state index in [0.717, 1.165) is 0 Å². The number of halogens is 3. The van der Waals surface area contributed by atoms with Gasteiger partial charge in [-0.3, -0.25) is 0 Å². The molecule has 3 N–H and O–H groups in total. The second-order valence-electron chi connectivity index (χ2n) is 4.12.